The highest BCUT2D eigenvalue weighted by atomic mass is 35.5. The Balaban J connectivity index is 0.00000261. The predicted molar refractivity (Wildman–Crippen MR) is 93.4 cm³/mol. The molecule has 0 radical (unpaired) electrons. The van der Waals surface area contributed by atoms with Gasteiger partial charge in [-0.25, -0.2) is 17.2 Å². The second kappa shape index (κ2) is 8.97. The number of benzene rings is 2. The molecule has 2 aromatic carbocycles. The predicted octanol–water partition coefficient (Wildman–Crippen LogP) is -0.516. The van der Waals surface area contributed by atoms with Gasteiger partial charge in [0.15, 0.2) is 11.6 Å². The normalized spacial score (nSPS) is 16.0. The first kappa shape index (κ1) is 21.6. The number of methoxy groups -OCH3 is 1. The summed E-state index contributed by atoms with van der Waals surface area (Å²) in [5.41, 5.74) is 1.08. The first-order valence-corrected chi connectivity index (χ1v) is 9.64. The quantitative estimate of drug-likeness (QED) is 0.657. The van der Waals surface area contributed by atoms with Crippen molar-refractivity contribution in [2.24, 2.45) is 0 Å². The van der Waals surface area contributed by atoms with Gasteiger partial charge < -0.3 is 17.1 Å². The number of sulfonamides is 1. The van der Waals surface area contributed by atoms with E-state index in [1.54, 1.807) is 7.11 Å². The van der Waals surface area contributed by atoms with Gasteiger partial charge in [0.1, 0.15) is 5.75 Å². The molecule has 3 rings (SSSR count). The van der Waals surface area contributed by atoms with E-state index in [0.29, 0.717) is 32.7 Å². The maximum Gasteiger partial charge on any atom is 0.243 e. The number of hydrogen-bond donors (Lipinski definition) is 0. The third-order valence-electron chi connectivity index (χ3n) is 4.40. The Morgan fingerprint density at radius 3 is 2.33 bits per heavy atom. The molecule has 1 aliphatic heterocycles. The smallest absolute Gasteiger partial charge is 0.243 e. The minimum absolute atomic E-state index is 0. The van der Waals surface area contributed by atoms with Crippen LogP contribution in [0, 0.1) is 11.6 Å². The SMILES string of the molecule is COc1cccc(CN2CCN(S(=O)(=O)c3ccc(F)c(F)c3)CC2)c1.[Cl-]. The molecule has 0 aromatic heterocycles. The summed E-state index contributed by atoms with van der Waals surface area (Å²) in [5.74, 6) is -1.45. The zero-order chi connectivity index (χ0) is 18.7. The van der Waals surface area contributed by atoms with E-state index in [1.165, 1.54) is 4.31 Å². The van der Waals surface area contributed by atoms with Crippen LogP contribution in [-0.4, -0.2) is 50.9 Å². The summed E-state index contributed by atoms with van der Waals surface area (Å²) in [6.07, 6.45) is 0. The molecule has 0 amide bonds. The topological polar surface area (TPSA) is 49.9 Å². The molecule has 1 aliphatic rings. The lowest BCUT2D eigenvalue weighted by Crippen LogP contribution is -3.00. The molecule has 0 aliphatic carbocycles. The number of nitrogens with zero attached hydrogens (tertiary/aromatic N) is 2. The van der Waals surface area contributed by atoms with Gasteiger partial charge in [0.25, 0.3) is 0 Å². The van der Waals surface area contributed by atoms with E-state index in [4.69, 9.17) is 4.74 Å². The molecule has 1 saturated heterocycles. The van der Waals surface area contributed by atoms with Crippen LogP contribution in [0.1, 0.15) is 5.56 Å². The van der Waals surface area contributed by atoms with Crippen molar-refractivity contribution in [3.63, 3.8) is 0 Å². The molecular weight excluding hydrogens is 398 g/mol. The Hall–Kier alpha value is -1.74. The van der Waals surface area contributed by atoms with Crippen molar-refractivity contribution in [1.82, 2.24) is 9.21 Å². The zero-order valence-corrected chi connectivity index (χ0v) is 16.3. The Morgan fingerprint density at radius 1 is 1.00 bits per heavy atom. The largest absolute Gasteiger partial charge is 1.00 e. The molecule has 1 fully saturated rings. The molecule has 5 nitrogen and oxygen atoms in total. The summed E-state index contributed by atoms with van der Waals surface area (Å²) in [4.78, 5) is 1.92. The molecule has 0 spiro atoms. The lowest BCUT2D eigenvalue weighted by atomic mass is 10.2. The van der Waals surface area contributed by atoms with Crippen LogP contribution in [0.15, 0.2) is 47.4 Å². The van der Waals surface area contributed by atoms with Crippen molar-refractivity contribution in [3.05, 3.63) is 59.7 Å². The van der Waals surface area contributed by atoms with Crippen LogP contribution in [0.5, 0.6) is 5.75 Å². The highest BCUT2D eigenvalue weighted by Crippen LogP contribution is 2.21. The molecule has 1 heterocycles. The van der Waals surface area contributed by atoms with Crippen LogP contribution < -0.4 is 17.1 Å². The standard InChI is InChI=1S/C18H20F2N2O3S.ClH/c1-25-15-4-2-3-14(11-15)13-21-7-9-22(10-8-21)26(23,24)16-5-6-17(19)18(20)12-16;/h2-6,11-12H,7-10,13H2,1H3;1H/p-1. The van der Waals surface area contributed by atoms with Crippen LogP contribution in [0.25, 0.3) is 0 Å². The molecule has 9 heteroatoms. The first-order chi connectivity index (χ1) is 12.4. The van der Waals surface area contributed by atoms with E-state index < -0.39 is 21.7 Å². The van der Waals surface area contributed by atoms with Crippen molar-refractivity contribution in [2.75, 3.05) is 33.3 Å². The van der Waals surface area contributed by atoms with E-state index in [-0.39, 0.29) is 17.3 Å². The fourth-order valence-electron chi connectivity index (χ4n) is 2.94. The van der Waals surface area contributed by atoms with Gasteiger partial charge in [-0.2, -0.15) is 4.31 Å². The number of halogens is 3. The molecule has 2 aromatic rings. The minimum Gasteiger partial charge on any atom is -1.00 e. The van der Waals surface area contributed by atoms with Crippen molar-refractivity contribution >= 4 is 10.0 Å². The number of hydrogen-bond acceptors (Lipinski definition) is 4. The van der Waals surface area contributed by atoms with E-state index in [1.807, 2.05) is 24.3 Å². The summed E-state index contributed by atoms with van der Waals surface area (Å²) in [6, 6.07) is 10.4. The van der Waals surface area contributed by atoms with Gasteiger partial charge in [0, 0.05) is 32.7 Å². The highest BCUT2D eigenvalue weighted by molar-refractivity contribution is 7.89. The van der Waals surface area contributed by atoms with Crippen LogP contribution in [-0.2, 0) is 16.6 Å². The molecule has 0 unspecified atom stereocenters. The molecule has 0 saturated carbocycles. The maximum atomic E-state index is 13.4. The molecule has 0 N–H and O–H groups in total. The van der Waals surface area contributed by atoms with E-state index >= 15 is 0 Å². The molecular formula is C18H20ClF2N2O3S-. The molecule has 148 valence electrons. The maximum absolute atomic E-state index is 13.4. The zero-order valence-electron chi connectivity index (χ0n) is 14.7. The Morgan fingerprint density at radius 2 is 1.70 bits per heavy atom. The summed E-state index contributed by atoms with van der Waals surface area (Å²) < 4.78 is 58.1. The van der Waals surface area contributed by atoms with Gasteiger partial charge in [-0.05, 0) is 35.9 Å². The lowest BCUT2D eigenvalue weighted by Gasteiger charge is -2.34. The molecule has 0 atom stereocenters. The van der Waals surface area contributed by atoms with Gasteiger partial charge >= 0.3 is 0 Å². The van der Waals surface area contributed by atoms with Crippen molar-refractivity contribution < 1.29 is 34.3 Å². The Labute approximate surface area is 164 Å². The minimum atomic E-state index is -3.83. The fraction of sp³-hybridized carbons (Fsp3) is 0.333. The second-order valence-electron chi connectivity index (χ2n) is 6.11. The summed E-state index contributed by atoms with van der Waals surface area (Å²) in [5, 5.41) is 0. The van der Waals surface area contributed by atoms with Crippen LogP contribution >= 0.6 is 0 Å². The van der Waals surface area contributed by atoms with Crippen molar-refractivity contribution in [1.29, 1.82) is 0 Å². The van der Waals surface area contributed by atoms with Crippen LogP contribution in [0.2, 0.25) is 0 Å². The number of rotatable bonds is 5. The first-order valence-electron chi connectivity index (χ1n) is 8.20. The summed E-state index contributed by atoms with van der Waals surface area (Å²) in [6.45, 7) is 2.40. The highest BCUT2D eigenvalue weighted by Gasteiger charge is 2.29. The van der Waals surface area contributed by atoms with E-state index in [2.05, 4.69) is 4.90 Å². The van der Waals surface area contributed by atoms with Gasteiger partial charge in [-0.3, -0.25) is 4.90 Å². The van der Waals surface area contributed by atoms with E-state index in [9.17, 15) is 17.2 Å². The van der Waals surface area contributed by atoms with Gasteiger partial charge in [0.2, 0.25) is 10.0 Å². The fourth-order valence-corrected chi connectivity index (χ4v) is 4.38. The van der Waals surface area contributed by atoms with Gasteiger partial charge in [-0.1, -0.05) is 12.1 Å². The van der Waals surface area contributed by atoms with Crippen molar-refractivity contribution in [2.45, 2.75) is 11.4 Å². The lowest BCUT2D eigenvalue weighted by molar-refractivity contribution is -0.00000934. The number of ether oxygens (including phenoxy) is 1. The average molecular weight is 418 g/mol. The molecule has 27 heavy (non-hydrogen) atoms. The molecule has 0 bridgehead atoms. The Kier molecular flexibility index (Phi) is 7.16. The Bertz CT molecular complexity index is 888. The third-order valence-corrected chi connectivity index (χ3v) is 6.30. The van der Waals surface area contributed by atoms with Crippen LogP contribution in [0.3, 0.4) is 0 Å². The monoisotopic (exact) mass is 417 g/mol. The summed E-state index contributed by atoms with van der Waals surface area (Å²) >= 11 is 0. The van der Waals surface area contributed by atoms with Crippen molar-refractivity contribution in [3.8, 4) is 5.75 Å². The van der Waals surface area contributed by atoms with E-state index in [0.717, 1.165) is 29.5 Å². The number of piperazine rings is 1. The van der Waals surface area contributed by atoms with Gasteiger partial charge in [-0.15, -0.1) is 0 Å². The van der Waals surface area contributed by atoms with Crippen LogP contribution in [0.4, 0.5) is 8.78 Å². The summed E-state index contributed by atoms with van der Waals surface area (Å²) in [7, 11) is -2.22. The third kappa shape index (κ3) is 4.95. The van der Waals surface area contributed by atoms with Gasteiger partial charge in [0.05, 0.1) is 12.0 Å². The average Bonchev–Trinajstić information content (AvgIpc) is 2.64. The second-order valence-corrected chi connectivity index (χ2v) is 8.05.